The second kappa shape index (κ2) is 5.79. The van der Waals surface area contributed by atoms with Crippen LogP contribution in [0.25, 0.3) is 0 Å². The summed E-state index contributed by atoms with van der Waals surface area (Å²) in [6.45, 7) is 7.27. The number of hydrogen-bond donors (Lipinski definition) is 1. The first-order valence-electron chi connectivity index (χ1n) is 6.92. The summed E-state index contributed by atoms with van der Waals surface area (Å²) in [6.07, 6.45) is 1.77. The van der Waals surface area contributed by atoms with Crippen LogP contribution in [-0.4, -0.2) is 35.9 Å². The van der Waals surface area contributed by atoms with Gasteiger partial charge in [0.1, 0.15) is 5.82 Å². The molecule has 2 rings (SSSR count). The molecule has 0 aromatic carbocycles. The van der Waals surface area contributed by atoms with Gasteiger partial charge in [-0.05, 0) is 18.8 Å². The lowest BCUT2D eigenvalue weighted by atomic mass is 9.98. The summed E-state index contributed by atoms with van der Waals surface area (Å²) in [5.74, 6) is 1.03. The van der Waals surface area contributed by atoms with Gasteiger partial charge in [-0.15, -0.1) is 10.2 Å². The minimum absolute atomic E-state index is 0.0680. The van der Waals surface area contributed by atoms with Gasteiger partial charge in [-0.2, -0.15) is 0 Å². The molecule has 0 aliphatic carbocycles. The fourth-order valence-electron chi connectivity index (χ4n) is 2.67. The Morgan fingerprint density at radius 2 is 2.15 bits per heavy atom. The second-order valence-electron chi connectivity index (χ2n) is 5.60. The van der Waals surface area contributed by atoms with Crippen molar-refractivity contribution in [3.05, 3.63) is 5.82 Å². The van der Waals surface area contributed by atoms with E-state index in [1.807, 2.05) is 20.8 Å². The number of aromatic nitrogens is 3. The van der Waals surface area contributed by atoms with E-state index in [-0.39, 0.29) is 23.1 Å². The zero-order valence-corrected chi connectivity index (χ0v) is 12.9. The monoisotopic (exact) mass is 302 g/mol. The minimum Gasteiger partial charge on any atom is -0.377 e. The molecule has 1 aliphatic heterocycles. The summed E-state index contributed by atoms with van der Waals surface area (Å²) in [4.78, 5) is 0. The molecule has 1 aromatic heterocycles. The lowest BCUT2D eigenvalue weighted by Crippen LogP contribution is -2.23. The molecule has 2 heterocycles. The van der Waals surface area contributed by atoms with Gasteiger partial charge in [0.2, 0.25) is 0 Å². The molecule has 1 aromatic rings. The Labute approximate surface area is 119 Å². The first kappa shape index (κ1) is 15.4. The number of rotatable bonds is 5. The molecule has 1 aliphatic rings. The van der Waals surface area contributed by atoms with Crippen molar-refractivity contribution >= 4 is 10.0 Å². The molecule has 114 valence electrons. The number of ether oxygens (including phenoxy) is 1. The van der Waals surface area contributed by atoms with Crippen molar-refractivity contribution in [2.24, 2.45) is 11.1 Å². The summed E-state index contributed by atoms with van der Waals surface area (Å²) in [5.41, 5.74) is 0. The van der Waals surface area contributed by atoms with E-state index >= 15 is 0 Å². The smallest absolute Gasteiger partial charge is 0.273 e. The highest BCUT2D eigenvalue weighted by molar-refractivity contribution is 7.89. The van der Waals surface area contributed by atoms with Crippen LogP contribution in [0.3, 0.4) is 0 Å². The van der Waals surface area contributed by atoms with E-state index in [4.69, 9.17) is 9.88 Å². The zero-order valence-electron chi connectivity index (χ0n) is 12.1. The Hall–Kier alpha value is -0.990. The van der Waals surface area contributed by atoms with Crippen LogP contribution in [0.1, 0.15) is 45.4 Å². The molecule has 2 N–H and O–H groups in total. The normalized spacial score (nSPS) is 23.6. The van der Waals surface area contributed by atoms with Gasteiger partial charge in [-0.1, -0.05) is 20.8 Å². The van der Waals surface area contributed by atoms with Crippen LogP contribution in [0.15, 0.2) is 5.16 Å². The van der Waals surface area contributed by atoms with Crippen molar-refractivity contribution in [2.45, 2.75) is 57.3 Å². The van der Waals surface area contributed by atoms with Gasteiger partial charge in [0.05, 0.1) is 6.10 Å². The van der Waals surface area contributed by atoms with Crippen molar-refractivity contribution < 1.29 is 13.2 Å². The minimum atomic E-state index is -3.86. The predicted molar refractivity (Wildman–Crippen MR) is 73.6 cm³/mol. The van der Waals surface area contributed by atoms with Crippen LogP contribution in [0.5, 0.6) is 0 Å². The molecule has 0 bridgehead atoms. The average molecular weight is 302 g/mol. The number of nitrogens with two attached hydrogens (primary N) is 1. The molecule has 2 unspecified atom stereocenters. The van der Waals surface area contributed by atoms with E-state index < -0.39 is 10.0 Å². The van der Waals surface area contributed by atoms with Crippen LogP contribution in [0, 0.1) is 5.92 Å². The van der Waals surface area contributed by atoms with Gasteiger partial charge >= 0.3 is 0 Å². The lowest BCUT2D eigenvalue weighted by Gasteiger charge is -2.18. The highest BCUT2D eigenvalue weighted by atomic mass is 32.2. The molecule has 7 nitrogen and oxygen atoms in total. The Balaban J connectivity index is 2.45. The fraction of sp³-hybridized carbons (Fsp3) is 0.833. The number of sulfonamides is 1. The molecule has 1 fully saturated rings. The molecule has 20 heavy (non-hydrogen) atoms. The molecule has 0 saturated carbocycles. The van der Waals surface area contributed by atoms with Crippen molar-refractivity contribution in [3.8, 4) is 0 Å². The molecular formula is C12H22N4O3S. The third-order valence-corrected chi connectivity index (χ3v) is 4.30. The van der Waals surface area contributed by atoms with E-state index in [0.29, 0.717) is 19.0 Å². The van der Waals surface area contributed by atoms with Crippen LogP contribution in [0.2, 0.25) is 0 Å². The quantitative estimate of drug-likeness (QED) is 0.869. The van der Waals surface area contributed by atoms with Gasteiger partial charge in [0.15, 0.2) is 0 Å². The summed E-state index contributed by atoms with van der Waals surface area (Å²) in [6, 6.07) is 0. The second-order valence-corrected chi connectivity index (χ2v) is 7.06. The zero-order chi connectivity index (χ0) is 14.9. The Bertz CT molecular complexity index is 567. The number of primary sulfonamides is 1. The molecule has 0 radical (unpaired) electrons. The van der Waals surface area contributed by atoms with Crippen molar-refractivity contribution in [3.63, 3.8) is 0 Å². The SMILES string of the molecule is CCC1OCCC1c1nnc(S(N)(=O)=O)n1CC(C)C. The van der Waals surface area contributed by atoms with Gasteiger partial charge in [-0.3, -0.25) is 0 Å². The average Bonchev–Trinajstić information content (AvgIpc) is 2.92. The van der Waals surface area contributed by atoms with Crippen LogP contribution >= 0.6 is 0 Å². The van der Waals surface area contributed by atoms with Crippen molar-refractivity contribution in [1.29, 1.82) is 0 Å². The maximum atomic E-state index is 11.6. The van der Waals surface area contributed by atoms with Gasteiger partial charge in [-0.25, -0.2) is 13.6 Å². The molecule has 2 atom stereocenters. The van der Waals surface area contributed by atoms with Crippen LogP contribution in [0.4, 0.5) is 0 Å². The highest BCUT2D eigenvalue weighted by Crippen LogP contribution is 2.33. The molecular weight excluding hydrogens is 280 g/mol. The molecule has 8 heteroatoms. The van der Waals surface area contributed by atoms with Crippen LogP contribution in [-0.2, 0) is 21.3 Å². The Morgan fingerprint density at radius 3 is 2.70 bits per heavy atom. The molecule has 0 amide bonds. The summed E-state index contributed by atoms with van der Waals surface area (Å²) < 4.78 is 30.6. The number of nitrogens with zero attached hydrogens (tertiary/aromatic N) is 3. The standard InChI is InChI=1S/C12H22N4O3S/c1-4-10-9(5-6-19-10)11-14-15-12(20(13,17)18)16(11)7-8(2)3/h8-10H,4-7H2,1-3H3,(H2,13,17,18). The van der Waals surface area contributed by atoms with E-state index in [9.17, 15) is 8.42 Å². The number of hydrogen-bond acceptors (Lipinski definition) is 5. The third-order valence-electron chi connectivity index (χ3n) is 3.49. The van der Waals surface area contributed by atoms with E-state index in [0.717, 1.165) is 12.8 Å². The maximum absolute atomic E-state index is 11.6. The van der Waals surface area contributed by atoms with E-state index in [1.165, 1.54) is 0 Å². The first-order chi connectivity index (χ1) is 9.34. The van der Waals surface area contributed by atoms with Gasteiger partial charge < -0.3 is 9.30 Å². The topological polar surface area (TPSA) is 100 Å². The van der Waals surface area contributed by atoms with E-state index in [1.54, 1.807) is 4.57 Å². The van der Waals surface area contributed by atoms with Gasteiger partial charge in [0, 0.05) is 19.1 Å². The summed E-state index contributed by atoms with van der Waals surface area (Å²) in [7, 11) is -3.86. The van der Waals surface area contributed by atoms with Crippen LogP contribution < -0.4 is 5.14 Å². The fourth-order valence-corrected chi connectivity index (χ4v) is 3.30. The largest absolute Gasteiger partial charge is 0.377 e. The molecule has 0 spiro atoms. The lowest BCUT2D eigenvalue weighted by molar-refractivity contribution is 0.0986. The van der Waals surface area contributed by atoms with Crippen molar-refractivity contribution in [1.82, 2.24) is 14.8 Å². The Kier molecular flexibility index (Phi) is 4.46. The highest BCUT2D eigenvalue weighted by Gasteiger charge is 2.34. The first-order valence-corrected chi connectivity index (χ1v) is 8.46. The molecule has 1 saturated heterocycles. The van der Waals surface area contributed by atoms with Crippen molar-refractivity contribution in [2.75, 3.05) is 6.61 Å². The van der Waals surface area contributed by atoms with Gasteiger partial charge in [0.25, 0.3) is 15.2 Å². The third kappa shape index (κ3) is 3.02. The predicted octanol–water partition coefficient (Wildman–Crippen LogP) is 0.864. The maximum Gasteiger partial charge on any atom is 0.273 e. The Morgan fingerprint density at radius 1 is 1.45 bits per heavy atom. The summed E-state index contributed by atoms with van der Waals surface area (Å²) in [5, 5.41) is 13.0. The summed E-state index contributed by atoms with van der Waals surface area (Å²) >= 11 is 0. The van der Waals surface area contributed by atoms with E-state index in [2.05, 4.69) is 10.2 Å².